The number of aliphatic hydroxyl groups excluding tert-OH is 2. The molecule has 5 atom stereocenters. The summed E-state index contributed by atoms with van der Waals surface area (Å²) in [4.78, 5) is 62.4. The highest BCUT2D eigenvalue weighted by Crippen LogP contribution is 2.08. The summed E-state index contributed by atoms with van der Waals surface area (Å²) in [5, 5.41) is 27.1. The molecule has 182 valence electrons. The van der Waals surface area contributed by atoms with Crippen LogP contribution < -0.4 is 27.4 Å². The fraction of sp³-hybridized carbons (Fsp3) is 0.737. The summed E-state index contributed by atoms with van der Waals surface area (Å²) in [5.41, 5.74) is 11.2. The van der Waals surface area contributed by atoms with E-state index < -0.39 is 60.5 Å². The zero-order valence-corrected chi connectivity index (χ0v) is 18.4. The van der Waals surface area contributed by atoms with Crippen LogP contribution >= 0.6 is 0 Å². The van der Waals surface area contributed by atoms with E-state index in [4.69, 9.17) is 11.5 Å². The number of rotatable bonds is 3. The summed E-state index contributed by atoms with van der Waals surface area (Å²) >= 11 is 0. The lowest BCUT2D eigenvalue weighted by atomic mass is 10.1. The molecule has 1 aliphatic heterocycles. The summed E-state index contributed by atoms with van der Waals surface area (Å²) in [6, 6.07) is -5.00. The van der Waals surface area contributed by atoms with E-state index in [1.807, 2.05) is 0 Å². The van der Waals surface area contributed by atoms with Crippen molar-refractivity contribution in [1.82, 2.24) is 20.9 Å². The SMILES string of the molecule is CC(O)C1NC(=O)C(N)CCC(=O)NCCCCC(C(N)=O)NC(=O)C(CO)N(C)C1=O. The van der Waals surface area contributed by atoms with E-state index in [-0.39, 0.29) is 25.2 Å². The molecular weight excluding hydrogens is 424 g/mol. The zero-order chi connectivity index (χ0) is 24.4. The molecule has 1 fully saturated rings. The van der Waals surface area contributed by atoms with E-state index in [2.05, 4.69) is 16.0 Å². The van der Waals surface area contributed by atoms with Gasteiger partial charge in [0.1, 0.15) is 18.1 Å². The number of hydrogen-bond donors (Lipinski definition) is 7. The Morgan fingerprint density at radius 1 is 1.16 bits per heavy atom. The molecule has 0 aromatic rings. The van der Waals surface area contributed by atoms with Crippen molar-refractivity contribution in [2.45, 2.75) is 69.3 Å². The number of carbonyl (C=O) groups is 5. The van der Waals surface area contributed by atoms with Gasteiger partial charge in [0.2, 0.25) is 29.5 Å². The summed E-state index contributed by atoms with van der Waals surface area (Å²) < 4.78 is 0. The first-order chi connectivity index (χ1) is 15.0. The molecule has 32 heavy (non-hydrogen) atoms. The second-order valence-corrected chi connectivity index (χ2v) is 7.83. The number of aliphatic hydroxyl groups is 2. The van der Waals surface area contributed by atoms with E-state index in [1.54, 1.807) is 0 Å². The van der Waals surface area contributed by atoms with E-state index in [1.165, 1.54) is 14.0 Å². The number of nitrogens with two attached hydrogens (primary N) is 2. The normalized spacial score (nSPS) is 28.6. The topological polar surface area (TPSA) is 217 Å². The molecule has 0 aromatic heterocycles. The van der Waals surface area contributed by atoms with Gasteiger partial charge in [0.05, 0.1) is 18.8 Å². The number of nitrogens with one attached hydrogen (secondary N) is 3. The molecule has 13 heteroatoms. The molecule has 1 rings (SSSR count). The molecule has 0 aliphatic carbocycles. The third-order valence-corrected chi connectivity index (χ3v) is 5.26. The fourth-order valence-corrected chi connectivity index (χ4v) is 3.16. The van der Waals surface area contributed by atoms with Crippen LogP contribution in [0.2, 0.25) is 0 Å². The molecule has 5 unspecified atom stereocenters. The number of primary amides is 1. The van der Waals surface area contributed by atoms with Crippen molar-refractivity contribution in [1.29, 1.82) is 0 Å². The Kier molecular flexibility index (Phi) is 11.0. The first-order valence-corrected chi connectivity index (χ1v) is 10.5. The summed E-state index contributed by atoms with van der Waals surface area (Å²) in [6.45, 7) is 0.810. The molecule has 0 spiro atoms. The number of carbonyl (C=O) groups excluding carboxylic acids is 5. The molecular formula is C19H34N6O7. The monoisotopic (exact) mass is 458 g/mol. The Morgan fingerprint density at radius 2 is 1.81 bits per heavy atom. The average Bonchev–Trinajstić information content (AvgIpc) is 2.73. The molecule has 13 nitrogen and oxygen atoms in total. The molecule has 1 aliphatic rings. The van der Waals surface area contributed by atoms with Gasteiger partial charge < -0.3 is 42.5 Å². The van der Waals surface area contributed by atoms with Gasteiger partial charge in [0.15, 0.2) is 0 Å². The van der Waals surface area contributed by atoms with Crippen molar-refractivity contribution in [3.63, 3.8) is 0 Å². The number of nitrogens with zero attached hydrogens (tertiary/aromatic N) is 1. The molecule has 9 N–H and O–H groups in total. The van der Waals surface area contributed by atoms with Crippen LogP contribution in [0, 0.1) is 0 Å². The van der Waals surface area contributed by atoms with Crippen molar-refractivity contribution in [2.75, 3.05) is 20.2 Å². The Bertz CT molecular complexity index is 702. The smallest absolute Gasteiger partial charge is 0.248 e. The summed E-state index contributed by atoms with van der Waals surface area (Å²) in [6.07, 6.45) is -0.192. The van der Waals surface area contributed by atoms with Crippen LogP contribution in [0.25, 0.3) is 0 Å². The van der Waals surface area contributed by atoms with Crippen LogP contribution in [0.15, 0.2) is 0 Å². The van der Waals surface area contributed by atoms with Crippen molar-refractivity contribution in [2.24, 2.45) is 11.5 Å². The van der Waals surface area contributed by atoms with Gasteiger partial charge in [-0.1, -0.05) is 0 Å². The van der Waals surface area contributed by atoms with E-state index in [0.717, 1.165) is 4.90 Å². The first-order valence-electron chi connectivity index (χ1n) is 10.5. The van der Waals surface area contributed by atoms with Crippen molar-refractivity contribution >= 4 is 29.5 Å². The van der Waals surface area contributed by atoms with Gasteiger partial charge in [0, 0.05) is 20.0 Å². The van der Waals surface area contributed by atoms with Crippen LogP contribution in [0.5, 0.6) is 0 Å². The highest BCUT2D eigenvalue weighted by atomic mass is 16.3. The molecule has 1 saturated heterocycles. The Balaban J connectivity index is 3.15. The average molecular weight is 459 g/mol. The zero-order valence-electron chi connectivity index (χ0n) is 18.4. The Morgan fingerprint density at radius 3 is 2.38 bits per heavy atom. The van der Waals surface area contributed by atoms with Crippen LogP contribution in [-0.2, 0) is 24.0 Å². The van der Waals surface area contributed by atoms with Gasteiger partial charge >= 0.3 is 0 Å². The number of amides is 5. The van der Waals surface area contributed by atoms with Crippen LogP contribution in [0.4, 0.5) is 0 Å². The minimum Gasteiger partial charge on any atom is -0.394 e. The molecule has 0 aromatic carbocycles. The minimum absolute atomic E-state index is 0.0135. The minimum atomic E-state index is -1.46. The number of likely N-dealkylation sites (N-methyl/N-ethyl adjacent to an activating group) is 1. The van der Waals surface area contributed by atoms with Crippen LogP contribution in [-0.4, -0.2) is 95.1 Å². The lowest BCUT2D eigenvalue weighted by molar-refractivity contribution is -0.146. The Hall–Kier alpha value is -2.77. The van der Waals surface area contributed by atoms with Gasteiger partial charge in [-0.05, 0) is 32.6 Å². The predicted molar refractivity (Wildman–Crippen MR) is 112 cm³/mol. The maximum Gasteiger partial charge on any atom is 0.248 e. The second-order valence-electron chi connectivity index (χ2n) is 7.83. The van der Waals surface area contributed by atoms with Gasteiger partial charge in [-0.2, -0.15) is 0 Å². The van der Waals surface area contributed by atoms with E-state index in [9.17, 15) is 34.2 Å². The van der Waals surface area contributed by atoms with Crippen molar-refractivity contribution < 1.29 is 34.2 Å². The molecule has 1 heterocycles. The van der Waals surface area contributed by atoms with E-state index >= 15 is 0 Å². The molecule has 0 radical (unpaired) electrons. The van der Waals surface area contributed by atoms with Crippen molar-refractivity contribution in [3.8, 4) is 0 Å². The highest BCUT2D eigenvalue weighted by molar-refractivity contribution is 5.95. The summed E-state index contributed by atoms with van der Waals surface area (Å²) in [5.74, 6) is -3.54. The van der Waals surface area contributed by atoms with Gasteiger partial charge in [-0.3, -0.25) is 24.0 Å². The molecule has 0 saturated carbocycles. The third kappa shape index (κ3) is 8.05. The predicted octanol–water partition coefficient (Wildman–Crippen LogP) is -3.95. The first kappa shape index (κ1) is 27.3. The third-order valence-electron chi connectivity index (χ3n) is 5.26. The summed E-state index contributed by atoms with van der Waals surface area (Å²) in [7, 11) is 1.21. The molecule has 0 bridgehead atoms. The quantitative estimate of drug-likeness (QED) is 0.221. The van der Waals surface area contributed by atoms with Gasteiger partial charge in [0.25, 0.3) is 0 Å². The largest absolute Gasteiger partial charge is 0.394 e. The maximum absolute atomic E-state index is 12.9. The maximum atomic E-state index is 12.9. The lowest BCUT2D eigenvalue weighted by Gasteiger charge is -2.32. The van der Waals surface area contributed by atoms with Crippen molar-refractivity contribution in [3.05, 3.63) is 0 Å². The van der Waals surface area contributed by atoms with Crippen LogP contribution in [0.1, 0.15) is 39.0 Å². The Labute approximate surface area is 186 Å². The van der Waals surface area contributed by atoms with Crippen LogP contribution in [0.3, 0.4) is 0 Å². The lowest BCUT2D eigenvalue weighted by Crippen LogP contribution is -2.61. The fourth-order valence-electron chi connectivity index (χ4n) is 3.16. The van der Waals surface area contributed by atoms with Gasteiger partial charge in [-0.15, -0.1) is 0 Å². The molecule has 5 amide bonds. The highest BCUT2D eigenvalue weighted by Gasteiger charge is 2.36. The standard InChI is InChI=1S/C19H34N6O7/c1-10(27)15-19(32)25(2)13(9-26)18(31)23-12(16(21)29)5-3-4-8-22-14(28)7-6-11(20)17(30)24-15/h10-13,15,26-27H,3-9,20H2,1-2H3,(H2,21,29)(H,22,28)(H,23,31)(H,24,30). The number of hydrogen-bond acceptors (Lipinski definition) is 8. The van der Waals surface area contributed by atoms with E-state index in [0.29, 0.717) is 19.4 Å². The van der Waals surface area contributed by atoms with Gasteiger partial charge in [-0.25, -0.2) is 0 Å². The second kappa shape index (κ2) is 12.9.